The largest absolute Gasteiger partial charge is 0.395 e. The summed E-state index contributed by atoms with van der Waals surface area (Å²) in [5.74, 6) is 0.667. The van der Waals surface area contributed by atoms with Gasteiger partial charge in [-0.2, -0.15) is 0 Å². The molecule has 0 spiro atoms. The molecule has 15 heavy (non-hydrogen) atoms. The molecule has 1 aromatic carbocycles. The molecule has 0 heterocycles. The monoisotopic (exact) mass is 205 g/mol. The van der Waals surface area contributed by atoms with Crippen LogP contribution in [0, 0.1) is 0 Å². The van der Waals surface area contributed by atoms with Crippen LogP contribution in [0.15, 0.2) is 24.3 Å². The second-order valence-corrected chi connectivity index (χ2v) is 4.57. The molecule has 0 bridgehead atoms. The van der Waals surface area contributed by atoms with Crippen LogP contribution in [0.25, 0.3) is 0 Å². The van der Waals surface area contributed by atoms with E-state index in [0.29, 0.717) is 5.92 Å². The van der Waals surface area contributed by atoms with Gasteiger partial charge >= 0.3 is 0 Å². The SMILES string of the molecule is CC(CO)N(C)CC1Cc2ccccc21. The minimum atomic E-state index is 0.241. The summed E-state index contributed by atoms with van der Waals surface area (Å²) in [5.41, 5.74) is 2.99. The van der Waals surface area contributed by atoms with Gasteiger partial charge in [0.1, 0.15) is 0 Å². The Hall–Kier alpha value is -0.860. The Morgan fingerprint density at radius 3 is 2.87 bits per heavy atom. The summed E-state index contributed by atoms with van der Waals surface area (Å²) in [6.45, 7) is 3.36. The molecule has 0 amide bonds. The first kappa shape index (κ1) is 10.7. The minimum absolute atomic E-state index is 0.241. The van der Waals surface area contributed by atoms with E-state index in [4.69, 9.17) is 5.11 Å². The first-order valence-electron chi connectivity index (χ1n) is 5.61. The van der Waals surface area contributed by atoms with Crippen LogP contribution in [-0.4, -0.2) is 36.2 Å². The van der Waals surface area contributed by atoms with Crippen molar-refractivity contribution >= 4 is 0 Å². The van der Waals surface area contributed by atoms with Crippen molar-refractivity contribution in [1.29, 1.82) is 0 Å². The summed E-state index contributed by atoms with van der Waals surface area (Å²) in [5, 5.41) is 9.06. The van der Waals surface area contributed by atoms with E-state index in [9.17, 15) is 0 Å². The Labute approximate surface area is 91.5 Å². The van der Waals surface area contributed by atoms with E-state index >= 15 is 0 Å². The van der Waals surface area contributed by atoms with Crippen molar-refractivity contribution in [2.75, 3.05) is 20.2 Å². The molecule has 2 heteroatoms. The third-order valence-corrected chi connectivity index (χ3v) is 3.49. The van der Waals surface area contributed by atoms with Gasteiger partial charge in [0.25, 0.3) is 0 Å². The maximum atomic E-state index is 9.06. The van der Waals surface area contributed by atoms with E-state index in [2.05, 4.69) is 43.1 Å². The van der Waals surface area contributed by atoms with E-state index < -0.39 is 0 Å². The standard InChI is InChI=1S/C13H19NO/c1-10(9-15)14(2)8-12-7-11-5-3-4-6-13(11)12/h3-6,10,12,15H,7-9H2,1-2H3. The molecule has 2 atom stereocenters. The number of rotatable bonds is 4. The number of fused-ring (bicyclic) bond motifs is 1. The smallest absolute Gasteiger partial charge is 0.0584 e. The molecule has 1 N–H and O–H groups in total. The van der Waals surface area contributed by atoms with Crippen molar-refractivity contribution in [3.63, 3.8) is 0 Å². The lowest BCUT2D eigenvalue weighted by molar-refractivity contribution is 0.150. The molecule has 2 rings (SSSR count). The molecule has 0 aliphatic heterocycles. The molecule has 0 aromatic heterocycles. The Morgan fingerprint density at radius 2 is 2.20 bits per heavy atom. The van der Waals surface area contributed by atoms with Gasteiger partial charge in [-0.05, 0) is 31.5 Å². The fourth-order valence-electron chi connectivity index (χ4n) is 2.19. The average Bonchev–Trinajstić information content (AvgIpc) is 2.24. The fourth-order valence-corrected chi connectivity index (χ4v) is 2.19. The highest BCUT2D eigenvalue weighted by molar-refractivity contribution is 5.40. The zero-order chi connectivity index (χ0) is 10.8. The second-order valence-electron chi connectivity index (χ2n) is 4.57. The normalized spacial score (nSPS) is 20.9. The van der Waals surface area contributed by atoms with E-state index in [0.717, 1.165) is 6.54 Å². The summed E-state index contributed by atoms with van der Waals surface area (Å²) in [6.07, 6.45) is 1.19. The number of nitrogens with zero attached hydrogens (tertiary/aromatic N) is 1. The zero-order valence-electron chi connectivity index (χ0n) is 9.48. The van der Waals surface area contributed by atoms with Gasteiger partial charge in [0.15, 0.2) is 0 Å². The summed E-state index contributed by atoms with van der Waals surface area (Å²) in [4.78, 5) is 2.24. The lowest BCUT2D eigenvalue weighted by Crippen LogP contribution is -2.38. The first-order valence-corrected chi connectivity index (χ1v) is 5.61. The highest BCUT2D eigenvalue weighted by Crippen LogP contribution is 2.35. The number of aliphatic hydroxyl groups is 1. The quantitative estimate of drug-likeness (QED) is 0.807. The minimum Gasteiger partial charge on any atom is -0.395 e. The predicted octanol–water partition coefficient (Wildman–Crippen LogP) is 1.64. The number of benzene rings is 1. The lowest BCUT2D eigenvalue weighted by Gasteiger charge is -2.35. The third kappa shape index (κ3) is 2.06. The maximum Gasteiger partial charge on any atom is 0.0584 e. The Balaban J connectivity index is 1.94. The molecule has 0 fully saturated rings. The number of aliphatic hydroxyl groups excluding tert-OH is 1. The van der Waals surface area contributed by atoms with Crippen molar-refractivity contribution in [1.82, 2.24) is 4.90 Å². The predicted molar refractivity (Wildman–Crippen MR) is 62.1 cm³/mol. The molecule has 1 aliphatic carbocycles. The zero-order valence-corrected chi connectivity index (χ0v) is 9.48. The highest BCUT2D eigenvalue weighted by atomic mass is 16.3. The first-order chi connectivity index (χ1) is 7.22. The van der Waals surface area contributed by atoms with Crippen LogP contribution in [0.4, 0.5) is 0 Å². The van der Waals surface area contributed by atoms with Crippen LogP contribution in [0.3, 0.4) is 0 Å². The molecule has 1 aromatic rings. The molecule has 2 nitrogen and oxygen atoms in total. The number of hydrogen-bond donors (Lipinski definition) is 1. The van der Waals surface area contributed by atoms with Gasteiger partial charge in [-0.3, -0.25) is 0 Å². The van der Waals surface area contributed by atoms with Gasteiger partial charge < -0.3 is 10.0 Å². The van der Waals surface area contributed by atoms with Gasteiger partial charge in [0.2, 0.25) is 0 Å². The van der Waals surface area contributed by atoms with Crippen LogP contribution in [0.5, 0.6) is 0 Å². The van der Waals surface area contributed by atoms with Crippen LogP contribution in [0.2, 0.25) is 0 Å². The molecule has 2 unspecified atom stereocenters. The summed E-state index contributed by atoms with van der Waals surface area (Å²) < 4.78 is 0. The number of hydrogen-bond acceptors (Lipinski definition) is 2. The van der Waals surface area contributed by atoms with Gasteiger partial charge in [-0.25, -0.2) is 0 Å². The maximum absolute atomic E-state index is 9.06. The second kappa shape index (κ2) is 4.33. The molecular weight excluding hydrogens is 186 g/mol. The Morgan fingerprint density at radius 1 is 1.47 bits per heavy atom. The molecule has 0 saturated carbocycles. The topological polar surface area (TPSA) is 23.5 Å². The average molecular weight is 205 g/mol. The van der Waals surface area contributed by atoms with E-state index in [1.54, 1.807) is 0 Å². The lowest BCUT2D eigenvalue weighted by atomic mass is 9.77. The molecule has 82 valence electrons. The summed E-state index contributed by atoms with van der Waals surface area (Å²) >= 11 is 0. The van der Waals surface area contributed by atoms with Crippen LogP contribution >= 0.6 is 0 Å². The van der Waals surface area contributed by atoms with Crippen molar-refractivity contribution in [2.24, 2.45) is 0 Å². The third-order valence-electron chi connectivity index (χ3n) is 3.49. The van der Waals surface area contributed by atoms with E-state index in [-0.39, 0.29) is 12.6 Å². The molecular formula is C13H19NO. The summed E-state index contributed by atoms with van der Waals surface area (Å²) in [7, 11) is 2.09. The highest BCUT2D eigenvalue weighted by Gasteiger charge is 2.27. The van der Waals surface area contributed by atoms with Gasteiger partial charge in [-0.1, -0.05) is 24.3 Å². The molecule has 1 aliphatic rings. The van der Waals surface area contributed by atoms with E-state index in [1.807, 2.05) is 0 Å². The van der Waals surface area contributed by atoms with Crippen molar-refractivity contribution in [3.05, 3.63) is 35.4 Å². The molecule has 0 saturated heterocycles. The summed E-state index contributed by atoms with van der Waals surface area (Å²) in [6, 6.07) is 8.91. The van der Waals surface area contributed by atoms with Crippen molar-refractivity contribution in [2.45, 2.75) is 25.3 Å². The molecule has 0 radical (unpaired) electrons. The van der Waals surface area contributed by atoms with Gasteiger partial charge in [-0.15, -0.1) is 0 Å². The van der Waals surface area contributed by atoms with Crippen molar-refractivity contribution in [3.8, 4) is 0 Å². The van der Waals surface area contributed by atoms with Gasteiger partial charge in [0, 0.05) is 18.5 Å². The fraction of sp³-hybridized carbons (Fsp3) is 0.538. The van der Waals surface area contributed by atoms with Crippen LogP contribution < -0.4 is 0 Å². The number of likely N-dealkylation sites (N-methyl/N-ethyl adjacent to an activating group) is 1. The van der Waals surface area contributed by atoms with Crippen LogP contribution in [-0.2, 0) is 6.42 Å². The van der Waals surface area contributed by atoms with Gasteiger partial charge in [0.05, 0.1) is 6.61 Å². The Bertz CT molecular complexity index is 337. The van der Waals surface area contributed by atoms with Crippen LogP contribution in [0.1, 0.15) is 24.0 Å². The van der Waals surface area contributed by atoms with E-state index in [1.165, 1.54) is 17.5 Å². The van der Waals surface area contributed by atoms with Crippen molar-refractivity contribution < 1.29 is 5.11 Å². The Kier molecular flexibility index (Phi) is 3.08.